The summed E-state index contributed by atoms with van der Waals surface area (Å²) < 4.78 is 4.99. The first-order chi connectivity index (χ1) is 8.90. The van der Waals surface area contributed by atoms with E-state index < -0.39 is 0 Å². The number of nitrogens with zero attached hydrogens (tertiary/aromatic N) is 3. The van der Waals surface area contributed by atoms with Gasteiger partial charge in [-0.3, -0.25) is 0 Å². The molecule has 0 saturated heterocycles. The molecule has 100 valence electrons. The highest BCUT2D eigenvalue weighted by atomic mass is 35.5. The minimum Gasteiger partial charge on any atom is -0.467 e. The van der Waals surface area contributed by atoms with Crippen molar-refractivity contribution in [3.63, 3.8) is 0 Å². The molecule has 0 saturated carbocycles. The van der Waals surface area contributed by atoms with Crippen LogP contribution in [0.3, 0.4) is 0 Å². The van der Waals surface area contributed by atoms with Crippen LogP contribution in [0.25, 0.3) is 11.4 Å². The lowest BCUT2D eigenvalue weighted by Gasteiger charge is -2.18. The van der Waals surface area contributed by atoms with E-state index in [0.29, 0.717) is 5.82 Å². The highest BCUT2D eigenvalue weighted by Gasteiger charge is 2.14. The van der Waals surface area contributed by atoms with Gasteiger partial charge in [-0.1, -0.05) is 45.0 Å². The van der Waals surface area contributed by atoms with Crippen molar-refractivity contribution in [3.8, 4) is 17.4 Å². The van der Waals surface area contributed by atoms with Crippen LogP contribution in [0.1, 0.15) is 26.3 Å². The minimum atomic E-state index is 0.118. The zero-order valence-electron chi connectivity index (χ0n) is 11.4. The Labute approximate surface area is 117 Å². The summed E-state index contributed by atoms with van der Waals surface area (Å²) in [5, 5.41) is 0.127. The Balaban J connectivity index is 2.40. The number of methoxy groups -OCH3 is 1. The molecular weight excluding hydrogens is 262 g/mol. The van der Waals surface area contributed by atoms with E-state index in [0.717, 1.165) is 5.56 Å². The number of hydrogen-bond acceptors (Lipinski definition) is 4. The molecule has 1 heterocycles. The largest absolute Gasteiger partial charge is 0.467 e. The van der Waals surface area contributed by atoms with Gasteiger partial charge in [-0.2, -0.15) is 15.0 Å². The van der Waals surface area contributed by atoms with E-state index >= 15 is 0 Å². The van der Waals surface area contributed by atoms with Crippen molar-refractivity contribution in [2.24, 2.45) is 0 Å². The summed E-state index contributed by atoms with van der Waals surface area (Å²) in [4.78, 5) is 12.1. The third-order valence-corrected chi connectivity index (χ3v) is 2.95. The highest BCUT2D eigenvalue weighted by molar-refractivity contribution is 6.28. The van der Waals surface area contributed by atoms with Gasteiger partial charge in [0.05, 0.1) is 7.11 Å². The lowest BCUT2D eigenvalue weighted by Crippen LogP contribution is -2.10. The highest BCUT2D eigenvalue weighted by Crippen LogP contribution is 2.25. The maximum absolute atomic E-state index is 5.84. The molecule has 2 rings (SSSR count). The van der Waals surface area contributed by atoms with Gasteiger partial charge in [0.25, 0.3) is 0 Å². The van der Waals surface area contributed by atoms with Gasteiger partial charge in [-0.25, -0.2) is 0 Å². The Morgan fingerprint density at radius 1 is 1.00 bits per heavy atom. The molecule has 19 heavy (non-hydrogen) atoms. The van der Waals surface area contributed by atoms with Gasteiger partial charge in [0, 0.05) is 5.56 Å². The maximum Gasteiger partial charge on any atom is 0.321 e. The SMILES string of the molecule is COc1nc(Cl)nc(-c2ccc(C(C)(C)C)cc2)n1. The third-order valence-electron chi connectivity index (χ3n) is 2.78. The van der Waals surface area contributed by atoms with Crippen LogP contribution in [-0.2, 0) is 5.41 Å². The van der Waals surface area contributed by atoms with Gasteiger partial charge in [0.2, 0.25) is 5.28 Å². The predicted octanol–water partition coefficient (Wildman–Crippen LogP) is 3.50. The van der Waals surface area contributed by atoms with E-state index in [9.17, 15) is 0 Å². The molecule has 4 nitrogen and oxygen atoms in total. The fourth-order valence-corrected chi connectivity index (χ4v) is 1.82. The molecule has 0 atom stereocenters. The lowest BCUT2D eigenvalue weighted by molar-refractivity contribution is 0.379. The molecule has 0 amide bonds. The molecule has 0 radical (unpaired) electrons. The zero-order chi connectivity index (χ0) is 14.0. The minimum absolute atomic E-state index is 0.118. The average molecular weight is 278 g/mol. The van der Waals surface area contributed by atoms with Gasteiger partial charge in [0.1, 0.15) is 0 Å². The van der Waals surface area contributed by atoms with Gasteiger partial charge >= 0.3 is 6.01 Å². The molecule has 1 aromatic carbocycles. The van der Waals surface area contributed by atoms with Crippen LogP contribution < -0.4 is 4.74 Å². The Kier molecular flexibility index (Phi) is 3.71. The summed E-state index contributed by atoms with van der Waals surface area (Å²) in [6.45, 7) is 6.51. The van der Waals surface area contributed by atoms with E-state index in [1.165, 1.54) is 12.7 Å². The number of aromatic nitrogens is 3. The van der Waals surface area contributed by atoms with Crippen molar-refractivity contribution >= 4 is 11.6 Å². The first kappa shape index (κ1) is 13.7. The van der Waals surface area contributed by atoms with Crippen molar-refractivity contribution in [3.05, 3.63) is 35.1 Å². The van der Waals surface area contributed by atoms with Crippen LogP contribution in [0, 0.1) is 0 Å². The van der Waals surface area contributed by atoms with Crippen molar-refractivity contribution in [1.29, 1.82) is 0 Å². The molecule has 0 aliphatic heterocycles. The van der Waals surface area contributed by atoms with Crippen LogP contribution in [0.4, 0.5) is 0 Å². The van der Waals surface area contributed by atoms with Gasteiger partial charge < -0.3 is 4.74 Å². The molecule has 0 unspecified atom stereocenters. The number of benzene rings is 1. The summed E-state index contributed by atoms with van der Waals surface area (Å²) in [6.07, 6.45) is 0. The van der Waals surface area contributed by atoms with Crippen molar-refractivity contribution in [2.45, 2.75) is 26.2 Å². The molecule has 5 heteroatoms. The van der Waals surface area contributed by atoms with Crippen molar-refractivity contribution in [1.82, 2.24) is 15.0 Å². The van der Waals surface area contributed by atoms with Crippen LogP contribution in [0.5, 0.6) is 6.01 Å². The topological polar surface area (TPSA) is 47.9 Å². The molecule has 0 aliphatic rings. The lowest BCUT2D eigenvalue weighted by atomic mass is 9.87. The summed E-state index contributed by atoms with van der Waals surface area (Å²) in [7, 11) is 1.50. The first-order valence-corrected chi connectivity index (χ1v) is 6.34. The molecule has 0 bridgehead atoms. The molecule has 0 N–H and O–H groups in total. The fraction of sp³-hybridized carbons (Fsp3) is 0.357. The second-order valence-corrected chi connectivity index (χ2v) is 5.58. The van der Waals surface area contributed by atoms with Crippen molar-refractivity contribution in [2.75, 3.05) is 7.11 Å². The Morgan fingerprint density at radius 2 is 1.63 bits per heavy atom. The summed E-state index contributed by atoms with van der Waals surface area (Å²) in [6, 6.07) is 8.31. The Morgan fingerprint density at radius 3 is 2.16 bits per heavy atom. The van der Waals surface area contributed by atoms with Crippen molar-refractivity contribution < 1.29 is 4.74 Å². The quantitative estimate of drug-likeness (QED) is 0.843. The molecule has 2 aromatic rings. The average Bonchev–Trinajstić information content (AvgIpc) is 2.37. The molecular formula is C14H16ClN3O. The first-order valence-electron chi connectivity index (χ1n) is 5.96. The standard InChI is InChI=1S/C14H16ClN3O/c1-14(2,3)10-7-5-9(6-8-10)11-16-12(15)18-13(17-11)19-4/h5-8H,1-4H3. The summed E-state index contributed by atoms with van der Waals surface area (Å²) in [5.74, 6) is 0.511. The van der Waals surface area contributed by atoms with Gasteiger partial charge in [-0.15, -0.1) is 0 Å². The zero-order valence-corrected chi connectivity index (χ0v) is 12.2. The summed E-state index contributed by atoms with van der Waals surface area (Å²) >= 11 is 5.84. The maximum atomic E-state index is 5.84. The predicted molar refractivity (Wildman–Crippen MR) is 75.5 cm³/mol. The second-order valence-electron chi connectivity index (χ2n) is 5.24. The second kappa shape index (κ2) is 5.13. The van der Waals surface area contributed by atoms with Gasteiger partial charge in [-0.05, 0) is 22.6 Å². The normalized spacial score (nSPS) is 11.4. The van der Waals surface area contributed by atoms with E-state index in [-0.39, 0.29) is 16.7 Å². The third kappa shape index (κ3) is 3.20. The van der Waals surface area contributed by atoms with E-state index in [4.69, 9.17) is 16.3 Å². The number of halogens is 1. The van der Waals surface area contributed by atoms with Gasteiger partial charge in [0.15, 0.2) is 5.82 Å². The molecule has 1 aromatic heterocycles. The van der Waals surface area contributed by atoms with E-state index in [1.807, 2.05) is 12.1 Å². The Bertz CT molecular complexity index is 576. The number of ether oxygens (including phenoxy) is 1. The van der Waals surface area contributed by atoms with E-state index in [1.54, 1.807) is 0 Å². The fourth-order valence-electron chi connectivity index (χ4n) is 1.67. The Hall–Kier alpha value is -1.68. The summed E-state index contributed by atoms with van der Waals surface area (Å²) in [5.41, 5.74) is 2.26. The van der Waals surface area contributed by atoms with Crippen LogP contribution in [0.2, 0.25) is 5.28 Å². The molecule has 0 fully saturated rings. The number of hydrogen-bond donors (Lipinski definition) is 0. The number of rotatable bonds is 2. The van der Waals surface area contributed by atoms with E-state index in [2.05, 4.69) is 47.9 Å². The molecule has 0 spiro atoms. The van der Waals surface area contributed by atoms with Crippen LogP contribution in [0.15, 0.2) is 24.3 Å². The molecule has 0 aliphatic carbocycles. The van der Waals surface area contributed by atoms with Crippen LogP contribution >= 0.6 is 11.6 Å². The monoisotopic (exact) mass is 277 g/mol. The van der Waals surface area contributed by atoms with Crippen LogP contribution in [-0.4, -0.2) is 22.1 Å². The smallest absolute Gasteiger partial charge is 0.321 e.